The number of aromatic carboxylic acids is 1. The lowest BCUT2D eigenvalue weighted by molar-refractivity contribution is -0.255. The maximum absolute atomic E-state index is 10.3. The summed E-state index contributed by atoms with van der Waals surface area (Å²) in [5.74, 6) is -1.33. The fraction of sp³-hybridized carbons (Fsp3) is 0. The molecule has 0 radical (unpaired) electrons. The molecule has 0 saturated heterocycles. The van der Waals surface area contributed by atoms with Gasteiger partial charge in [0.25, 0.3) is 0 Å². The molecule has 0 fully saturated rings. The average Bonchev–Trinajstić information content (AvgIpc) is 1.99. The van der Waals surface area contributed by atoms with Gasteiger partial charge in [-0.1, -0.05) is 23.2 Å². The Morgan fingerprint density at radius 1 is 1.33 bits per heavy atom. The van der Waals surface area contributed by atoms with Crippen molar-refractivity contribution in [2.75, 3.05) is 5.73 Å². The minimum absolute atomic E-state index is 0.0841. The average molecular weight is 205 g/mol. The third-order valence-electron chi connectivity index (χ3n) is 1.31. The fourth-order valence-corrected chi connectivity index (χ4v) is 1.19. The smallest absolute Gasteiger partial charge is 0.0716 e. The number of carboxylic acid groups (broad SMARTS) is 1. The second-order valence-electron chi connectivity index (χ2n) is 2.14. The summed E-state index contributed by atoms with van der Waals surface area (Å²) < 4.78 is 0. The van der Waals surface area contributed by atoms with Crippen molar-refractivity contribution in [1.29, 1.82) is 0 Å². The lowest BCUT2D eigenvalue weighted by atomic mass is 10.2. The fourth-order valence-electron chi connectivity index (χ4n) is 0.702. The number of carbonyl (C=O) groups excluding carboxylic acids is 1. The van der Waals surface area contributed by atoms with Gasteiger partial charge >= 0.3 is 0 Å². The molecular formula is C7H4Cl2NO2-. The minimum atomic E-state index is -1.33. The summed E-state index contributed by atoms with van der Waals surface area (Å²) in [6.07, 6.45) is 0. The van der Waals surface area contributed by atoms with Gasteiger partial charge in [-0.25, -0.2) is 0 Å². The van der Waals surface area contributed by atoms with Crippen LogP contribution in [-0.2, 0) is 0 Å². The first kappa shape index (κ1) is 9.16. The van der Waals surface area contributed by atoms with Gasteiger partial charge in [0, 0.05) is 5.56 Å². The second-order valence-corrected chi connectivity index (χ2v) is 2.96. The van der Waals surface area contributed by atoms with Crippen LogP contribution < -0.4 is 10.8 Å². The molecular weight excluding hydrogens is 201 g/mol. The number of carbonyl (C=O) groups is 1. The van der Waals surface area contributed by atoms with Crippen LogP contribution in [0.5, 0.6) is 0 Å². The van der Waals surface area contributed by atoms with Crippen LogP contribution in [0.2, 0.25) is 10.0 Å². The molecule has 0 unspecified atom stereocenters. The van der Waals surface area contributed by atoms with E-state index in [0.717, 1.165) is 0 Å². The van der Waals surface area contributed by atoms with E-state index in [9.17, 15) is 9.90 Å². The predicted molar refractivity (Wildman–Crippen MR) is 45.2 cm³/mol. The van der Waals surface area contributed by atoms with Gasteiger partial charge in [-0.15, -0.1) is 0 Å². The summed E-state index contributed by atoms with van der Waals surface area (Å²) in [5, 5.41) is 10.6. The first-order chi connectivity index (χ1) is 5.52. The highest BCUT2D eigenvalue weighted by Gasteiger charge is 2.04. The molecule has 0 atom stereocenters. The van der Waals surface area contributed by atoms with Crippen LogP contribution in [0.15, 0.2) is 12.1 Å². The lowest BCUT2D eigenvalue weighted by Gasteiger charge is -2.06. The van der Waals surface area contributed by atoms with Crippen LogP contribution in [0.25, 0.3) is 0 Å². The van der Waals surface area contributed by atoms with E-state index in [4.69, 9.17) is 28.9 Å². The zero-order chi connectivity index (χ0) is 9.30. The Hall–Kier alpha value is -0.930. The van der Waals surface area contributed by atoms with Crippen LogP contribution in [0.3, 0.4) is 0 Å². The molecule has 0 aliphatic heterocycles. The van der Waals surface area contributed by atoms with Crippen molar-refractivity contribution in [3.05, 3.63) is 27.7 Å². The second kappa shape index (κ2) is 3.21. The normalized spacial score (nSPS) is 9.83. The SMILES string of the molecule is Nc1c(Cl)cc(C(=O)[O-])cc1Cl. The molecule has 12 heavy (non-hydrogen) atoms. The zero-order valence-corrected chi connectivity index (χ0v) is 7.32. The van der Waals surface area contributed by atoms with Gasteiger partial charge in [-0.3, -0.25) is 0 Å². The van der Waals surface area contributed by atoms with Crippen LogP contribution in [0.1, 0.15) is 10.4 Å². The van der Waals surface area contributed by atoms with Crippen molar-refractivity contribution in [2.24, 2.45) is 0 Å². The summed E-state index contributed by atoms with van der Waals surface area (Å²) in [4.78, 5) is 10.3. The lowest BCUT2D eigenvalue weighted by Crippen LogP contribution is -2.22. The number of benzene rings is 1. The molecule has 3 nitrogen and oxygen atoms in total. The molecule has 0 spiro atoms. The predicted octanol–water partition coefficient (Wildman–Crippen LogP) is 0.939. The number of carboxylic acids is 1. The molecule has 0 bridgehead atoms. The molecule has 0 aliphatic carbocycles. The van der Waals surface area contributed by atoms with E-state index < -0.39 is 5.97 Å². The highest BCUT2D eigenvalue weighted by Crippen LogP contribution is 2.28. The summed E-state index contributed by atoms with van der Waals surface area (Å²) in [6.45, 7) is 0. The maximum atomic E-state index is 10.3. The van der Waals surface area contributed by atoms with Gasteiger partial charge in [0.05, 0.1) is 21.7 Å². The highest BCUT2D eigenvalue weighted by atomic mass is 35.5. The molecule has 2 N–H and O–H groups in total. The van der Waals surface area contributed by atoms with Crippen molar-refractivity contribution in [3.63, 3.8) is 0 Å². The third-order valence-corrected chi connectivity index (χ3v) is 1.94. The monoisotopic (exact) mass is 204 g/mol. The summed E-state index contributed by atoms with van der Waals surface area (Å²) in [6, 6.07) is 2.39. The molecule has 1 aromatic carbocycles. The Morgan fingerprint density at radius 2 is 1.75 bits per heavy atom. The standard InChI is InChI=1S/C7H5Cl2NO2/c8-4-1-3(7(11)12)2-5(9)6(4)10/h1-2H,10H2,(H,11,12)/p-1. The van der Waals surface area contributed by atoms with Gasteiger partial charge in [-0.2, -0.15) is 0 Å². The Morgan fingerprint density at radius 3 is 2.08 bits per heavy atom. The van der Waals surface area contributed by atoms with Gasteiger partial charge in [0.2, 0.25) is 0 Å². The number of rotatable bonds is 1. The highest BCUT2D eigenvalue weighted by molar-refractivity contribution is 6.39. The number of nitrogens with two attached hydrogens (primary N) is 1. The Labute approximate surface area is 78.7 Å². The van der Waals surface area contributed by atoms with Crippen molar-refractivity contribution in [1.82, 2.24) is 0 Å². The molecule has 64 valence electrons. The van der Waals surface area contributed by atoms with E-state index in [2.05, 4.69) is 0 Å². The number of halogens is 2. The van der Waals surface area contributed by atoms with Gasteiger partial charge in [0.1, 0.15) is 0 Å². The number of nitrogen functional groups attached to an aromatic ring is 1. The summed E-state index contributed by atoms with van der Waals surface area (Å²) in [7, 11) is 0. The van der Waals surface area contributed by atoms with Crippen molar-refractivity contribution in [2.45, 2.75) is 0 Å². The van der Waals surface area contributed by atoms with Gasteiger partial charge in [0.15, 0.2) is 0 Å². The number of anilines is 1. The molecule has 5 heteroatoms. The summed E-state index contributed by atoms with van der Waals surface area (Å²) in [5.41, 5.74) is 5.46. The van der Waals surface area contributed by atoms with Crippen LogP contribution in [-0.4, -0.2) is 5.97 Å². The summed E-state index contributed by atoms with van der Waals surface area (Å²) >= 11 is 11.1. The Bertz CT molecular complexity index is 315. The molecule has 0 aromatic heterocycles. The maximum Gasteiger partial charge on any atom is 0.0716 e. The molecule has 1 rings (SSSR count). The first-order valence-corrected chi connectivity index (χ1v) is 3.74. The van der Waals surface area contributed by atoms with E-state index in [1.165, 1.54) is 12.1 Å². The Balaban J connectivity index is 3.31. The first-order valence-electron chi connectivity index (χ1n) is 2.98. The molecule has 0 saturated carbocycles. The minimum Gasteiger partial charge on any atom is -0.545 e. The van der Waals surface area contributed by atoms with Crippen LogP contribution in [0.4, 0.5) is 5.69 Å². The van der Waals surface area contributed by atoms with Crippen molar-refractivity contribution in [3.8, 4) is 0 Å². The number of hydrogen-bond acceptors (Lipinski definition) is 3. The van der Waals surface area contributed by atoms with Crippen molar-refractivity contribution < 1.29 is 9.90 Å². The third kappa shape index (κ3) is 1.62. The van der Waals surface area contributed by atoms with E-state index in [0.29, 0.717) is 0 Å². The number of hydrogen-bond donors (Lipinski definition) is 1. The quantitative estimate of drug-likeness (QED) is 0.693. The molecule has 0 heterocycles. The van der Waals surface area contributed by atoms with E-state index in [1.807, 2.05) is 0 Å². The van der Waals surface area contributed by atoms with Crippen molar-refractivity contribution >= 4 is 34.9 Å². The molecule has 1 aromatic rings. The van der Waals surface area contributed by atoms with Gasteiger partial charge in [-0.05, 0) is 12.1 Å². The van der Waals surface area contributed by atoms with E-state index in [1.54, 1.807) is 0 Å². The molecule has 0 aliphatic rings. The van der Waals surface area contributed by atoms with E-state index in [-0.39, 0.29) is 21.3 Å². The molecule has 0 amide bonds. The van der Waals surface area contributed by atoms with Crippen LogP contribution in [0, 0.1) is 0 Å². The largest absolute Gasteiger partial charge is 0.545 e. The Kier molecular flexibility index (Phi) is 2.45. The topological polar surface area (TPSA) is 66.2 Å². The van der Waals surface area contributed by atoms with Crippen LogP contribution >= 0.6 is 23.2 Å². The van der Waals surface area contributed by atoms with E-state index >= 15 is 0 Å². The van der Waals surface area contributed by atoms with Gasteiger partial charge < -0.3 is 15.6 Å². The zero-order valence-electron chi connectivity index (χ0n) is 5.80.